The Balaban J connectivity index is 1.19. The number of pyridine rings is 1. The van der Waals surface area contributed by atoms with Crippen molar-refractivity contribution in [1.29, 1.82) is 0 Å². The molecule has 190 valence electrons. The van der Waals surface area contributed by atoms with Crippen LogP contribution in [-0.4, -0.2) is 59.4 Å². The van der Waals surface area contributed by atoms with Gasteiger partial charge in [0.2, 0.25) is 0 Å². The number of hydrogen-bond donors (Lipinski definition) is 3. The molecule has 0 aliphatic carbocycles. The Kier molecular flexibility index (Phi) is 7.25. The zero-order valence-corrected chi connectivity index (χ0v) is 20.4. The Morgan fingerprint density at radius 3 is 2.83 bits per heavy atom. The van der Waals surface area contributed by atoms with Gasteiger partial charge in [-0.15, -0.1) is 0 Å². The lowest BCUT2D eigenvalue weighted by molar-refractivity contribution is -0.118. The summed E-state index contributed by atoms with van der Waals surface area (Å²) in [6, 6.07) is 11.2. The number of aliphatic hydroxyl groups excluding tert-OH is 1. The van der Waals surface area contributed by atoms with Crippen LogP contribution >= 0.6 is 11.6 Å². The van der Waals surface area contributed by atoms with Crippen molar-refractivity contribution in [1.82, 2.24) is 14.8 Å². The molecule has 1 saturated heterocycles. The molecule has 2 aliphatic heterocycles. The molecule has 1 amide bonds. The Labute approximate surface area is 212 Å². The van der Waals surface area contributed by atoms with Crippen LogP contribution in [0.4, 0.5) is 10.1 Å². The summed E-state index contributed by atoms with van der Waals surface area (Å²) < 4.78 is 20.8. The largest absolute Gasteiger partial charge is 0.482 e. The van der Waals surface area contributed by atoms with Gasteiger partial charge < -0.3 is 25.0 Å². The Morgan fingerprint density at radius 1 is 1.14 bits per heavy atom. The normalized spacial score (nSPS) is 20.1. The number of carbonyl (C=O) groups excluding carboxylic acids is 1. The van der Waals surface area contributed by atoms with Gasteiger partial charge in [-0.3, -0.25) is 14.5 Å². The number of benzene rings is 2. The van der Waals surface area contributed by atoms with Crippen molar-refractivity contribution < 1.29 is 19.0 Å². The fourth-order valence-corrected chi connectivity index (χ4v) is 5.25. The fourth-order valence-electron chi connectivity index (χ4n) is 5.03. The van der Waals surface area contributed by atoms with Crippen molar-refractivity contribution in [2.75, 3.05) is 38.1 Å². The van der Waals surface area contributed by atoms with Crippen LogP contribution in [-0.2, 0) is 17.9 Å². The number of halogens is 2. The zero-order valence-electron chi connectivity index (χ0n) is 19.7. The molecular weight excluding hydrogens is 487 g/mol. The molecule has 3 aromatic rings. The average molecular weight is 515 g/mol. The summed E-state index contributed by atoms with van der Waals surface area (Å²) in [6.07, 6.45) is 0.206. The summed E-state index contributed by atoms with van der Waals surface area (Å²) in [6.45, 7) is 3.42. The second-order valence-electron chi connectivity index (χ2n) is 9.45. The van der Waals surface area contributed by atoms with E-state index >= 15 is 0 Å². The molecule has 5 rings (SSSR count). The number of ether oxygens (including phenoxy) is 1. The van der Waals surface area contributed by atoms with E-state index in [4.69, 9.17) is 16.3 Å². The minimum Gasteiger partial charge on any atom is -0.482 e. The molecule has 0 unspecified atom stereocenters. The summed E-state index contributed by atoms with van der Waals surface area (Å²) in [5, 5.41) is 18.0. The lowest BCUT2D eigenvalue weighted by Crippen LogP contribution is -2.47. The predicted octanol–water partition coefficient (Wildman–Crippen LogP) is 2.60. The number of β-amino-alcohol motifs (C(OH)–C–C–N with tert-alkyl or cyclic N) is 1. The fraction of sp³-hybridized carbons (Fsp3) is 0.385. The smallest absolute Gasteiger partial charge is 0.262 e. The monoisotopic (exact) mass is 514 g/mol. The number of likely N-dealkylation sites (tertiary alicyclic amines) is 1. The molecule has 2 aliphatic rings. The highest BCUT2D eigenvalue weighted by atomic mass is 35.5. The van der Waals surface area contributed by atoms with Crippen molar-refractivity contribution >= 4 is 34.1 Å². The minimum absolute atomic E-state index is 0.0204. The summed E-state index contributed by atoms with van der Waals surface area (Å²) >= 11 is 6.40. The van der Waals surface area contributed by atoms with Gasteiger partial charge in [-0.1, -0.05) is 11.6 Å². The molecule has 8 nitrogen and oxygen atoms in total. The highest BCUT2D eigenvalue weighted by molar-refractivity contribution is 6.31. The van der Waals surface area contributed by atoms with Crippen LogP contribution in [0.15, 0.2) is 47.3 Å². The van der Waals surface area contributed by atoms with Crippen LogP contribution in [0.25, 0.3) is 10.9 Å². The zero-order chi connectivity index (χ0) is 25.2. The van der Waals surface area contributed by atoms with Crippen LogP contribution in [0.5, 0.6) is 5.75 Å². The molecule has 0 bridgehead atoms. The SMILES string of the molecule is O=C1COc2cc(Cl)c(CNC[C@H]3C[C@@H](O)CN(CCn4c(=O)ccc5ccc(F)cc54)C3)cc2N1. The third-order valence-electron chi connectivity index (χ3n) is 6.72. The van der Waals surface area contributed by atoms with E-state index in [1.54, 1.807) is 22.8 Å². The molecule has 2 atom stereocenters. The second kappa shape index (κ2) is 10.6. The number of carbonyl (C=O) groups is 1. The van der Waals surface area contributed by atoms with E-state index in [-0.39, 0.29) is 29.8 Å². The Bertz CT molecular complexity index is 1350. The number of piperidine rings is 1. The molecule has 2 aromatic carbocycles. The van der Waals surface area contributed by atoms with Crippen molar-refractivity contribution in [2.24, 2.45) is 5.92 Å². The first-order chi connectivity index (χ1) is 17.4. The maximum Gasteiger partial charge on any atom is 0.262 e. The Morgan fingerprint density at radius 2 is 1.97 bits per heavy atom. The van der Waals surface area contributed by atoms with Gasteiger partial charge in [0.15, 0.2) is 6.61 Å². The molecule has 0 saturated carbocycles. The van der Waals surface area contributed by atoms with Gasteiger partial charge in [0.05, 0.1) is 17.3 Å². The van der Waals surface area contributed by atoms with Crippen LogP contribution in [0.2, 0.25) is 5.02 Å². The quantitative estimate of drug-likeness (QED) is 0.448. The van der Waals surface area contributed by atoms with E-state index in [9.17, 15) is 19.1 Å². The topological polar surface area (TPSA) is 95.8 Å². The third-order valence-corrected chi connectivity index (χ3v) is 7.07. The highest BCUT2D eigenvalue weighted by Crippen LogP contribution is 2.33. The number of aromatic nitrogens is 1. The van der Waals surface area contributed by atoms with Gasteiger partial charge in [-0.2, -0.15) is 0 Å². The first-order valence-electron chi connectivity index (χ1n) is 12.0. The van der Waals surface area contributed by atoms with Crippen molar-refractivity contribution in [3.8, 4) is 5.75 Å². The third kappa shape index (κ3) is 5.54. The molecule has 1 fully saturated rings. The van der Waals surface area contributed by atoms with E-state index in [1.807, 2.05) is 6.07 Å². The molecule has 0 spiro atoms. The summed E-state index contributed by atoms with van der Waals surface area (Å²) in [5.41, 5.74) is 1.85. The Hall–Kier alpha value is -2.98. The van der Waals surface area contributed by atoms with Gasteiger partial charge in [-0.25, -0.2) is 4.39 Å². The van der Waals surface area contributed by atoms with Gasteiger partial charge in [0.1, 0.15) is 11.6 Å². The van der Waals surface area contributed by atoms with Crippen LogP contribution in [0.3, 0.4) is 0 Å². The number of amides is 1. The van der Waals surface area contributed by atoms with Crippen LogP contribution in [0, 0.1) is 11.7 Å². The van der Waals surface area contributed by atoms with E-state index in [2.05, 4.69) is 15.5 Å². The number of hydrogen-bond acceptors (Lipinski definition) is 6. The van der Waals surface area contributed by atoms with Crippen molar-refractivity contribution in [3.63, 3.8) is 0 Å². The number of nitrogens with one attached hydrogen (secondary N) is 2. The van der Waals surface area contributed by atoms with E-state index in [0.717, 1.165) is 17.5 Å². The maximum atomic E-state index is 13.8. The number of rotatable bonds is 7. The van der Waals surface area contributed by atoms with E-state index in [0.29, 0.717) is 61.1 Å². The van der Waals surface area contributed by atoms with Gasteiger partial charge in [-0.05, 0) is 60.2 Å². The molecule has 3 N–H and O–H groups in total. The summed E-state index contributed by atoms with van der Waals surface area (Å²) in [4.78, 5) is 26.2. The van der Waals surface area contributed by atoms with Crippen LogP contribution in [0.1, 0.15) is 12.0 Å². The second-order valence-corrected chi connectivity index (χ2v) is 9.86. The number of anilines is 1. The number of fused-ring (bicyclic) bond motifs is 2. The van der Waals surface area contributed by atoms with Gasteiger partial charge >= 0.3 is 0 Å². The van der Waals surface area contributed by atoms with E-state index < -0.39 is 6.10 Å². The van der Waals surface area contributed by atoms with Crippen LogP contribution < -0.4 is 20.9 Å². The standard InChI is InChI=1S/C26H28ClFN4O4/c27-21-10-24-22(30-25(34)15-36-24)8-18(21)12-29-11-16-7-20(33)14-31(13-16)5-6-32-23-9-19(28)3-1-17(23)2-4-26(32)35/h1-4,8-10,16,20,29,33H,5-7,11-15H2,(H,30,34)/t16-,20-/m1/s1. The minimum atomic E-state index is -0.466. The molecule has 0 radical (unpaired) electrons. The van der Waals surface area contributed by atoms with E-state index in [1.165, 1.54) is 18.2 Å². The molecule has 1 aromatic heterocycles. The molecule has 3 heterocycles. The van der Waals surface area contributed by atoms with Crippen molar-refractivity contribution in [2.45, 2.75) is 25.6 Å². The first-order valence-corrected chi connectivity index (χ1v) is 12.4. The maximum absolute atomic E-state index is 13.8. The van der Waals surface area contributed by atoms with Gasteiger partial charge in [0, 0.05) is 49.9 Å². The number of aliphatic hydroxyl groups is 1. The summed E-state index contributed by atoms with van der Waals surface area (Å²) in [5.74, 6) is 0.184. The first kappa shape index (κ1) is 24.7. The highest BCUT2D eigenvalue weighted by Gasteiger charge is 2.26. The van der Waals surface area contributed by atoms with Crippen molar-refractivity contribution in [3.05, 3.63) is 69.2 Å². The lowest BCUT2D eigenvalue weighted by Gasteiger charge is -2.36. The lowest BCUT2D eigenvalue weighted by atomic mass is 9.95. The number of nitrogens with zero attached hydrogens (tertiary/aromatic N) is 2. The van der Waals surface area contributed by atoms with Gasteiger partial charge in [0.25, 0.3) is 11.5 Å². The predicted molar refractivity (Wildman–Crippen MR) is 136 cm³/mol. The molecule has 10 heteroatoms. The average Bonchev–Trinajstić information content (AvgIpc) is 2.83. The molecule has 36 heavy (non-hydrogen) atoms. The summed E-state index contributed by atoms with van der Waals surface area (Å²) in [7, 11) is 0. The molecular formula is C26H28ClFN4O4.